The van der Waals surface area contributed by atoms with Crippen LogP contribution in [-0.4, -0.2) is 12.2 Å². The first kappa shape index (κ1) is 22.3. The largest absolute Gasteiger partial charge is 0.446 e. The Morgan fingerprint density at radius 3 is 2.36 bits per heavy atom. The fourth-order valence-electron chi connectivity index (χ4n) is 3.74. The highest BCUT2D eigenvalue weighted by Crippen LogP contribution is 2.24. The monoisotopic (exact) mass is 383 g/mol. The van der Waals surface area contributed by atoms with Crippen molar-refractivity contribution < 1.29 is 9.53 Å². The van der Waals surface area contributed by atoms with Crippen molar-refractivity contribution in [1.29, 1.82) is 0 Å². The van der Waals surface area contributed by atoms with Gasteiger partial charge in [0.05, 0.1) is 6.04 Å². The van der Waals surface area contributed by atoms with E-state index in [9.17, 15) is 4.79 Å². The van der Waals surface area contributed by atoms with Gasteiger partial charge in [-0.3, -0.25) is 0 Å². The van der Waals surface area contributed by atoms with Crippen molar-refractivity contribution in [2.24, 2.45) is 0 Å². The summed E-state index contributed by atoms with van der Waals surface area (Å²) in [6.07, 6.45) is 10.5. The van der Waals surface area contributed by atoms with Gasteiger partial charge in [0.15, 0.2) is 0 Å². The zero-order chi connectivity index (χ0) is 20.2. The molecule has 0 bridgehead atoms. The number of fused-ring (bicyclic) bond motifs is 1. The lowest BCUT2D eigenvalue weighted by molar-refractivity contribution is 0.0863. The number of rotatable bonds is 12. The number of ether oxygens (including phenoxy) is 1. The van der Waals surface area contributed by atoms with Gasteiger partial charge in [-0.15, -0.1) is 0 Å². The number of benzene rings is 2. The molecule has 0 radical (unpaired) electrons. The smallest absolute Gasteiger partial charge is 0.407 e. The molecule has 0 aromatic heterocycles. The molecule has 2 unspecified atom stereocenters. The fourth-order valence-corrected chi connectivity index (χ4v) is 3.74. The van der Waals surface area contributed by atoms with Gasteiger partial charge in [0.2, 0.25) is 0 Å². The Balaban J connectivity index is 1.78. The summed E-state index contributed by atoms with van der Waals surface area (Å²) in [4.78, 5) is 12.4. The predicted molar refractivity (Wildman–Crippen MR) is 119 cm³/mol. The van der Waals surface area contributed by atoms with Crippen molar-refractivity contribution in [1.82, 2.24) is 5.32 Å². The minimum absolute atomic E-state index is 0.00959. The summed E-state index contributed by atoms with van der Waals surface area (Å²) in [5, 5.41) is 5.38. The van der Waals surface area contributed by atoms with Crippen LogP contribution in [0.5, 0.6) is 0 Å². The van der Waals surface area contributed by atoms with Crippen LogP contribution in [0.15, 0.2) is 42.5 Å². The molecular formula is C25H37NO2. The van der Waals surface area contributed by atoms with Crippen molar-refractivity contribution in [3.05, 3.63) is 48.0 Å². The van der Waals surface area contributed by atoms with Gasteiger partial charge in [-0.2, -0.15) is 0 Å². The summed E-state index contributed by atoms with van der Waals surface area (Å²) < 4.78 is 5.70. The summed E-state index contributed by atoms with van der Waals surface area (Å²) in [6.45, 7) is 6.35. The van der Waals surface area contributed by atoms with E-state index in [-0.39, 0.29) is 18.2 Å². The third kappa shape index (κ3) is 7.18. The van der Waals surface area contributed by atoms with Crippen molar-refractivity contribution in [2.75, 3.05) is 0 Å². The first-order valence-electron chi connectivity index (χ1n) is 11.1. The molecule has 2 aromatic carbocycles. The molecule has 0 saturated heterocycles. The summed E-state index contributed by atoms with van der Waals surface area (Å²) in [5.41, 5.74) is 1.12. The molecule has 2 rings (SSSR count). The number of hydrogen-bond donors (Lipinski definition) is 1. The molecular weight excluding hydrogens is 346 g/mol. The van der Waals surface area contributed by atoms with Gasteiger partial charge in [-0.05, 0) is 42.5 Å². The second kappa shape index (κ2) is 12.4. The van der Waals surface area contributed by atoms with Crippen LogP contribution < -0.4 is 5.32 Å². The van der Waals surface area contributed by atoms with Crippen LogP contribution in [0.3, 0.4) is 0 Å². The highest BCUT2D eigenvalue weighted by atomic mass is 16.6. The Bertz CT molecular complexity index is 707. The van der Waals surface area contributed by atoms with E-state index in [1.165, 1.54) is 49.3 Å². The summed E-state index contributed by atoms with van der Waals surface area (Å²) in [7, 11) is 0. The van der Waals surface area contributed by atoms with Crippen LogP contribution in [-0.2, 0) is 4.74 Å². The summed E-state index contributed by atoms with van der Waals surface area (Å²) in [6, 6.07) is 14.4. The van der Waals surface area contributed by atoms with Crippen LogP contribution >= 0.6 is 0 Å². The molecule has 0 aliphatic heterocycles. The van der Waals surface area contributed by atoms with Crippen molar-refractivity contribution in [3.8, 4) is 0 Å². The molecule has 3 nitrogen and oxygen atoms in total. The van der Waals surface area contributed by atoms with E-state index >= 15 is 0 Å². The zero-order valence-corrected chi connectivity index (χ0v) is 17.9. The highest BCUT2D eigenvalue weighted by Gasteiger charge is 2.16. The minimum Gasteiger partial charge on any atom is -0.446 e. The molecule has 2 atom stereocenters. The SMILES string of the molecule is CCCCCCCCCC(CC)OC(=O)NC(C)c1cccc2ccccc12. The molecule has 2 aromatic rings. The molecule has 0 heterocycles. The molecule has 0 aliphatic rings. The van der Waals surface area contributed by atoms with Crippen molar-refractivity contribution in [3.63, 3.8) is 0 Å². The number of hydrogen-bond acceptors (Lipinski definition) is 2. The zero-order valence-electron chi connectivity index (χ0n) is 17.9. The first-order valence-corrected chi connectivity index (χ1v) is 11.1. The predicted octanol–water partition coefficient (Wildman–Crippen LogP) is 7.55. The molecule has 28 heavy (non-hydrogen) atoms. The van der Waals surface area contributed by atoms with E-state index in [0.717, 1.165) is 24.8 Å². The molecule has 0 fully saturated rings. The lowest BCUT2D eigenvalue weighted by Crippen LogP contribution is -2.31. The molecule has 154 valence electrons. The second-order valence-electron chi connectivity index (χ2n) is 7.78. The maximum Gasteiger partial charge on any atom is 0.407 e. The van der Waals surface area contributed by atoms with Gasteiger partial charge in [0.1, 0.15) is 6.10 Å². The van der Waals surface area contributed by atoms with E-state index in [1.807, 2.05) is 25.1 Å². The van der Waals surface area contributed by atoms with Gasteiger partial charge in [-0.1, -0.05) is 94.8 Å². The number of nitrogens with one attached hydrogen (secondary N) is 1. The second-order valence-corrected chi connectivity index (χ2v) is 7.78. The van der Waals surface area contributed by atoms with Crippen LogP contribution in [0.25, 0.3) is 10.8 Å². The number of alkyl carbamates (subject to hydrolysis) is 1. The molecule has 1 N–H and O–H groups in total. The molecule has 0 saturated carbocycles. The average molecular weight is 384 g/mol. The minimum atomic E-state index is -0.310. The van der Waals surface area contributed by atoms with Gasteiger partial charge in [-0.25, -0.2) is 4.79 Å². The average Bonchev–Trinajstić information content (AvgIpc) is 2.71. The standard InChI is InChI=1S/C25H37NO2/c1-4-6-7-8-9-10-11-17-22(5-2)28-25(27)26-20(3)23-19-14-16-21-15-12-13-18-24(21)23/h12-16,18-20,22H,4-11,17H2,1-3H3,(H,26,27). The lowest BCUT2D eigenvalue weighted by atomic mass is 10.00. The van der Waals surface area contributed by atoms with Gasteiger partial charge >= 0.3 is 6.09 Å². The topological polar surface area (TPSA) is 38.3 Å². The highest BCUT2D eigenvalue weighted by molar-refractivity contribution is 5.86. The molecule has 3 heteroatoms. The van der Waals surface area contributed by atoms with Gasteiger partial charge < -0.3 is 10.1 Å². The molecule has 0 aliphatic carbocycles. The number of carbonyl (C=O) groups excluding carboxylic acids is 1. The summed E-state index contributed by atoms with van der Waals surface area (Å²) >= 11 is 0. The van der Waals surface area contributed by atoms with Gasteiger partial charge in [0, 0.05) is 0 Å². The maximum absolute atomic E-state index is 12.4. The van der Waals surface area contributed by atoms with Crippen molar-refractivity contribution >= 4 is 16.9 Å². The number of amides is 1. The molecule has 1 amide bonds. The summed E-state index contributed by atoms with van der Waals surface area (Å²) in [5.74, 6) is 0. The van der Waals surface area contributed by atoms with E-state index in [1.54, 1.807) is 0 Å². The maximum atomic E-state index is 12.4. The third-order valence-electron chi connectivity index (χ3n) is 5.48. The van der Waals surface area contributed by atoms with Gasteiger partial charge in [0.25, 0.3) is 0 Å². The Morgan fingerprint density at radius 1 is 0.929 bits per heavy atom. The van der Waals surface area contributed by atoms with E-state index in [4.69, 9.17) is 4.74 Å². The Kier molecular flexibility index (Phi) is 9.88. The van der Waals surface area contributed by atoms with E-state index in [0.29, 0.717) is 0 Å². The van der Waals surface area contributed by atoms with E-state index in [2.05, 4.69) is 43.4 Å². The third-order valence-corrected chi connectivity index (χ3v) is 5.48. The lowest BCUT2D eigenvalue weighted by Gasteiger charge is -2.20. The van der Waals surface area contributed by atoms with Crippen LogP contribution in [0.2, 0.25) is 0 Å². The Morgan fingerprint density at radius 2 is 1.61 bits per heavy atom. The van der Waals surface area contributed by atoms with Crippen molar-refractivity contribution in [2.45, 2.75) is 90.7 Å². The van der Waals surface area contributed by atoms with Crippen LogP contribution in [0, 0.1) is 0 Å². The number of carbonyl (C=O) groups is 1. The fraction of sp³-hybridized carbons (Fsp3) is 0.560. The Hall–Kier alpha value is -2.03. The van der Waals surface area contributed by atoms with Crippen LogP contribution in [0.4, 0.5) is 4.79 Å². The Labute approximate surface area is 170 Å². The normalized spacial score (nSPS) is 13.2. The first-order chi connectivity index (χ1) is 13.7. The van der Waals surface area contributed by atoms with Crippen LogP contribution in [0.1, 0.15) is 90.2 Å². The quantitative estimate of drug-likeness (QED) is 0.384. The molecule has 0 spiro atoms. The van der Waals surface area contributed by atoms with E-state index < -0.39 is 0 Å². The number of unbranched alkanes of at least 4 members (excludes halogenated alkanes) is 6.